The van der Waals surface area contributed by atoms with Crippen LogP contribution in [0.4, 0.5) is 5.69 Å². The van der Waals surface area contributed by atoms with Crippen LogP contribution < -0.4 is 28.6 Å². The molecule has 0 radical (unpaired) electrons. The van der Waals surface area contributed by atoms with Crippen molar-refractivity contribution in [1.29, 1.82) is 0 Å². The van der Waals surface area contributed by atoms with Gasteiger partial charge in [0.2, 0.25) is 11.7 Å². The number of anilines is 1. The van der Waals surface area contributed by atoms with E-state index in [9.17, 15) is 4.79 Å². The number of carbonyl (C=O) groups is 1. The van der Waals surface area contributed by atoms with Crippen molar-refractivity contribution in [3.8, 4) is 28.7 Å². The van der Waals surface area contributed by atoms with Crippen molar-refractivity contribution in [3.05, 3.63) is 66.2 Å². The van der Waals surface area contributed by atoms with E-state index in [0.29, 0.717) is 36.0 Å². The van der Waals surface area contributed by atoms with Crippen molar-refractivity contribution in [3.63, 3.8) is 0 Å². The van der Waals surface area contributed by atoms with Crippen LogP contribution in [-0.4, -0.2) is 72.2 Å². The molecule has 2 heterocycles. The van der Waals surface area contributed by atoms with Gasteiger partial charge in [0.05, 0.1) is 19.4 Å². The first kappa shape index (κ1) is 30.6. The fourth-order valence-electron chi connectivity index (χ4n) is 4.69. The van der Waals surface area contributed by atoms with E-state index in [1.807, 2.05) is 67.7 Å². The Kier molecular flexibility index (Phi) is 10.1. The molecule has 3 aromatic carbocycles. The lowest BCUT2D eigenvalue weighted by atomic mass is 10.0. The molecule has 2 aliphatic rings. The van der Waals surface area contributed by atoms with Gasteiger partial charge >= 0.3 is 0 Å². The Morgan fingerprint density at radius 1 is 0.951 bits per heavy atom. The van der Waals surface area contributed by atoms with Crippen molar-refractivity contribution >= 4 is 35.8 Å². The molecule has 0 fully saturated rings. The fourth-order valence-corrected chi connectivity index (χ4v) is 6.03. The first-order valence-electron chi connectivity index (χ1n) is 13.1. The smallest absolute Gasteiger partial charge is 0.274 e. The summed E-state index contributed by atoms with van der Waals surface area (Å²) >= 11 is 1.37. The second-order valence-corrected chi connectivity index (χ2v) is 10.7. The first-order valence-corrected chi connectivity index (χ1v) is 13.9. The third-order valence-electron chi connectivity index (χ3n) is 6.92. The average Bonchev–Trinajstić information content (AvgIpc) is 3.45. The zero-order valence-corrected chi connectivity index (χ0v) is 25.2. The number of carbonyl (C=O) groups excluding carboxylic acids is 1. The van der Waals surface area contributed by atoms with Crippen molar-refractivity contribution < 1.29 is 33.2 Å². The number of hydrogen-bond donors (Lipinski definition) is 0. The van der Waals surface area contributed by atoms with Crippen LogP contribution in [0.3, 0.4) is 0 Å². The number of nitrogens with zero attached hydrogens (tertiary/aromatic N) is 2. The molecule has 11 heteroatoms. The van der Waals surface area contributed by atoms with Gasteiger partial charge in [-0.1, -0.05) is 23.9 Å². The maximum absolute atomic E-state index is 13.7. The molecule has 220 valence electrons. The molecule has 0 saturated heterocycles. The number of rotatable bonds is 12. The molecule has 5 rings (SSSR count). The van der Waals surface area contributed by atoms with Crippen LogP contribution in [0, 0.1) is 0 Å². The van der Waals surface area contributed by atoms with Gasteiger partial charge in [0, 0.05) is 43.8 Å². The molecule has 1 amide bonds. The number of amides is 1. The molecule has 3 aromatic rings. The summed E-state index contributed by atoms with van der Waals surface area (Å²) in [5.74, 6) is 3.23. The Balaban J connectivity index is 0.00000387. The largest absolute Gasteiger partial charge is 0.497 e. The molecule has 41 heavy (non-hydrogen) atoms. The summed E-state index contributed by atoms with van der Waals surface area (Å²) in [5.41, 5.74) is 1.47. The number of fused-ring (bicyclic) bond motifs is 2. The van der Waals surface area contributed by atoms with E-state index in [1.54, 1.807) is 26.2 Å². The predicted octanol–water partition coefficient (Wildman–Crippen LogP) is 5.19. The molecule has 9 nitrogen and oxygen atoms in total. The van der Waals surface area contributed by atoms with Crippen LogP contribution in [0.25, 0.3) is 0 Å². The number of halogens is 1. The highest BCUT2D eigenvalue weighted by Gasteiger charge is 2.50. The Morgan fingerprint density at radius 3 is 2.54 bits per heavy atom. The molecule has 0 bridgehead atoms. The highest BCUT2D eigenvalue weighted by molar-refractivity contribution is 8.01. The zero-order valence-electron chi connectivity index (χ0n) is 23.6. The standard InChI is InChI=1S/C30H34N2O7S.ClH/c1-31(15-17-36-22-11-13-26-27(19-22)39-20-38-26)14-7-16-37-25-12-10-21(34-3)18-23(25)30(35-4)29(33)32(2)24-8-5-6-9-28(24)40-30;/h5-6,8-13,18-19H,7,14-17,20H2,1-4H3;1H. The van der Waals surface area contributed by atoms with Gasteiger partial charge in [-0.25, -0.2) is 0 Å². The lowest BCUT2D eigenvalue weighted by Gasteiger charge is -2.40. The minimum Gasteiger partial charge on any atom is -0.497 e. The van der Waals surface area contributed by atoms with Crippen LogP contribution in [0.15, 0.2) is 65.6 Å². The number of benzene rings is 3. The number of methoxy groups -OCH3 is 2. The predicted molar refractivity (Wildman–Crippen MR) is 160 cm³/mol. The first-order chi connectivity index (χ1) is 19.4. The third-order valence-corrected chi connectivity index (χ3v) is 8.34. The van der Waals surface area contributed by atoms with Crippen molar-refractivity contribution in [2.75, 3.05) is 66.3 Å². The van der Waals surface area contributed by atoms with Gasteiger partial charge in [-0.2, -0.15) is 0 Å². The topological polar surface area (TPSA) is 78.9 Å². The second-order valence-electron chi connectivity index (χ2n) is 9.49. The summed E-state index contributed by atoms with van der Waals surface area (Å²) in [7, 11) is 6.97. The van der Waals surface area contributed by atoms with Gasteiger partial charge < -0.3 is 38.2 Å². The van der Waals surface area contributed by atoms with Crippen molar-refractivity contribution in [2.45, 2.75) is 16.2 Å². The Bertz CT molecular complexity index is 1360. The van der Waals surface area contributed by atoms with Crippen LogP contribution in [0.2, 0.25) is 0 Å². The van der Waals surface area contributed by atoms with E-state index in [0.717, 1.165) is 41.6 Å². The molecule has 0 aliphatic carbocycles. The van der Waals surface area contributed by atoms with Gasteiger partial charge in [0.15, 0.2) is 11.5 Å². The van der Waals surface area contributed by atoms with Gasteiger partial charge in [-0.05, 0) is 55.9 Å². The van der Waals surface area contributed by atoms with E-state index in [2.05, 4.69) is 4.90 Å². The van der Waals surface area contributed by atoms with Crippen LogP contribution in [0.1, 0.15) is 12.0 Å². The van der Waals surface area contributed by atoms with Crippen LogP contribution in [-0.2, 0) is 14.5 Å². The highest BCUT2D eigenvalue weighted by Crippen LogP contribution is 2.53. The van der Waals surface area contributed by atoms with Crippen molar-refractivity contribution in [1.82, 2.24) is 4.90 Å². The number of likely N-dealkylation sites (N-methyl/N-ethyl adjacent to an activating group) is 2. The molecular weight excluding hydrogens is 568 g/mol. The summed E-state index contributed by atoms with van der Waals surface area (Å²) < 4.78 is 34.4. The maximum Gasteiger partial charge on any atom is 0.274 e. The van der Waals surface area contributed by atoms with Crippen LogP contribution >= 0.6 is 24.2 Å². The quantitative estimate of drug-likeness (QED) is 0.260. The molecular formula is C30H35ClN2O7S. The normalized spacial score (nSPS) is 17.2. The summed E-state index contributed by atoms with van der Waals surface area (Å²) in [4.78, 5) is 17.2. The molecule has 1 atom stereocenters. The van der Waals surface area contributed by atoms with E-state index in [4.69, 9.17) is 28.4 Å². The minimum atomic E-state index is -1.31. The summed E-state index contributed by atoms with van der Waals surface area (Å²) in [6.07, 6.45) is 0.788. The monoisotopic (exact) mass is 602 g/mol. The van der Waals surface area contributed by atoms with Gasteiger partial charge in [0.1, 0.15) is 23.9 Å². The third kappa shape index (κ3) is 6.46. The molecule has 0 saturated carbocycles. The highest BCUT2D eigenvalue weighted by atomic mass is 35.5. The Labute approximate surface area is 251 Å². The van der Waals surface area contributed by atoms with Gasteiger partial charge in [0.25, 0.3) is 5.91 Å². The fraction of sp³-hybridized carbons (Fsp3) is 0.367. The molecule has 0 N–H and O–H groups in total. The van der Waals surface area contributed by atoms with Crippen LogP contribution in [0.5, 0.6) is 28.7 Å². The lowest BCUT2D eigenvalue weighted by Crippen LogP contribution is -2.47. The summed E-state index contributed by atoms with van der Waals surface area (Å²) in [5, 5.41) is 0. The maximum atomic E-state index is 13.7. The number of para-hydroxylation sites is 1. The minimum absolute atomic E-state index is 0. The van der Waals surface area contributed by atoms with Gasteiger partial charge in [-0.3, -0.25) is 4.79 Å². The summed E-state index contributed by atoms with van der Waals surface area (Å²) in [6, 6.07) is 18.9. The van der Waals surface area contributed by atoms with E-state index in [1.165, 1.54) is 11.8 Å². The molecule has 2 aliphatic heterocycles. The molecule has 1 unspecified atom stereocenters. The Morgan fingerprint density at radius 2 is 1.73 bits per heavy atom. The van der Waals surface area contributed by atoms with Crippen molar-refractivity contribution in [2.24, 2.45) is 0 Å². The summed E-state index contributed by atoms with van der Waals surface area (Å²) in [6.45, 7) is 2.83. The van der Waals surface area contributed by atoms with E-state index in [-0.39, 0.29) is 25.1 Å². The number of hydrogen-bond acceptors (Lipinski definition) is 9. The van der Waals surface area contributed by atoms with Gasteiger partial charge in [-0.15, -0.1) is 12.4 Å². The lowest BCUT2D eigenvalue weighted by molar-refractivity contribution is -0.131. The molecule has 0 aromatic heterocycles. The average molecular weight is 603 g/mol. The number of ether oxygens (including phenoxy) is 6. The molecule has 0 spiro atoms. The Hall–Kier alpha value is -3.31. The zero-order chi connectivity index (χ0) is 28.1. The van der Waals surface area contributed by atoms with E-state index < -0.39 is 4.93 Å². The number of thioether (sulfide) groups is 1. The SMILES string of the molecule is COc1ccc(OCCCN(C)CCOc2ccc3c(c2)OCO3)c(C2(OC)Sc3ccccc3N(C)C2=O)c1.Cl. The van der Waals surface area contributed by atoms with E-state index >= 15 is 0 Å². The second kappa shape index (κ2) is 13.6.